The maximum Gasteiger partial charge on any atom is 0.312 e. The van der Waals surface area contributed by atoms with Gasteiger partial charge in [-0.2, -0.15) is 0 Å². The third-order valence-corrected chi connectivity index (χ3v) is 5.07. The number of carboxylic acids is 1. The van der Waals surface area contributed by atoms with Gasteiger partial charge in [-0.25, -0.2) is 4.98 Å². The van der Waals surface area contributed by atoms with Crippen LogP contribution in [0.5, 0.6) is 0 Å². The molecule has 0 spiro atoms. The molecule has 3 heterocycles. The number of piperidine rings is 1. The number of carboxylic acid groups (broad SMARTS) is 1. The Morgan fingerprint density at radius 1 is 1.33 bits per heavy atom. The molecule has 1 aromatic rings. The first-order chi connectivity index (χ1) is 10.2. The van der Waals surface area contributed by atoms with Crippen LogP contribution in [0.2, 0.25) is 0 Å². The van der Waals surface area contributed by atoms with E-state index in [4.69, 9.17) is 0 Å². The topological polar surface area (TPSA) is 58.4 Å². The Bertz CT molecular complexity index is 512. The average molecular weight is 291 g/mol. The molecule has 0 bridgehead atoms. The van der Waals surface area contributed by atoms with Gasteiger partial charge >= 0.3 is 5.97 Å². The van der Waals surface area contributed by atoms with Gasteiger partial charge in [-0.1, -0.05) is 13.3 Å². The van der Waals surface area contributed by atoms with Crippen LogP contribution in [0, 0.1) is 0 Å². The minimum Gasteiger partial charge on any atom is -0.481 e. The van der Waals surface area contributed by atoms with Gasteiger partial charge in [0, 0.05) is 25.2 Å². The van der Waals surface area contributed by atoms with Crippen molar-refractivity contribution in [2.75, 3.05) is 13.1 Å². The lowest BCUT2D eigenvalue weighted by molar-refractivity contribution is -0.139. The quantitative estimate of drug-likeness (QED) is 0.924. The summed E-state index contributed by atoms with van der Waals surface area (Å²) in [6, 6.07) is 0.570. The van der Waals surface area contributed by atoms with Crippen molar-refractivity contribution < 1.29 is 9.90 Å². The Labute approximate surface area is 126 Å². The molecule has 1 aromatic heterocycles. The molecule has 116 valence electrons. The number of hydrogen-bond donors (Lipinski definition) is 1. The highest BCUT2D eigenvalue weighted by molar-refractivity contribution is 5.75. The number of imidazole rings is 1. The van der Waals surface area contributed by atoms with E-state index in [-0.39, 0.29) is 5.92 Å². The number of likely N-dealkylation sites (tertiary alicyclic amines) is 1. The summed E-state index contributed by atoms with van der Waals surface area (Å²) in [7, 11) is 0. The number of aliphatic carboxylic acids is 1. The average Bonchev–Trinajstić information content (AvgIpc) is 2.91. The van der Waals surface area contributed by atoms with Crippen LogP contribution in [0.3, 0.4) is 0 Å². The number of fused-ring (bicyclic) bond motifs is 1. The van der Waals surface area contributed by atoms with E-state index in [0.29, 0.717) is 6.04 Å². The van der Waals surface area contributed by atoms with E-state index in [1.165, 1.54) is 25.8 Å². The summed E-state index contributed by atoms with van der Waals surface area (Å²) in [6.07, 6.45) is 8.27. The third-order valence-electron chi connectivity index (χ3n) is 5.07. The van der Waals surface area contributed by atoms with Crippen LogP contribution in [-0.4, -0.2) is 44.7 Å². The molecule has 0 aliphatic carbocycles. The van der Waals surface area contributed by atoms with Crippen molar-refractivity contribution in [2.24, 2.45) is 0 Å². The van der Waals surface area contributed by atoms with Crippen molar-refractivity contribution in [3.05, 3.63) is 17.7 Å². The number of hydrogen-bond acceptors (Lipinski definition) is 3. The minimum atomic E-state index is -0.713. The SMILES string of the molecule is CCN1CCCCC1Cc1ncc2n1CCCC2C(=O)O. The highest BCUT2D eigenvalue weighted by Gasteiger charge is 2.30. The van der Waals surface area contributed by atoms with Gasteiger partial charge in [0.2, 0.25) is 0 Å². The van der Waals surface area contributed by atoms with E-state index in [9.17, 15) is 9.90 Å². The number of carbonyl (C=O) groups is 1. The van der Waals surface area contributed by atoms with E-state index in [1.807, 2.05) is 0 Å². The van der Waals surface area contributed by atoms with Gasteiger partial charge in [0.05, 0.1) is 11.6 Å². The molecule has 1 N–H and O–H groups in total. The molecule has 2 atom stereocenters. The van der Waals surface area contributed by atoms with Crippen LogP contribution in [0.4, 0.5) is 0 Å². The maximum atomic E-state index is 11.4. The monoisotopic (exact) mass is 291 g/mol. The van der Waals surface area contributed by atoms with E-state index < -0.39 is 5.97 Å². The van der Waals surface area contributed by atoms with Crippen molar-refractivity contribution in [1.29, 1.82) is 0 Å². The van der Waals surface area contributed by atoms with Gasteiger partial charge in [-0.05, 0) is 38.8 Å². The van der Waals surface area contributed by atoms with Crippen molar-refractivity contribution >= 4 is 5.97 Å². The van der Waals surface area contributed by atoms with Gasteiger partial charge in [0.25, 0.3) is 0 Å². The molecule has 1 fully saturated rings. The first-order valence-corrected chi connectivity index (χ1v) is 8.22. The summed E-state index contributed by atoms with van der Waals surface area (Å²) >= 11 is 0. The fourth-order valence-electron chi connectivity index (χ4n) is 3.90. The van der Waals surface area contributed by atoms with E-state index in [1.54, 1.807) is 6.20 Å². The largest absolute Gasteiger partial charge is 0.481 e. The van der Waals surface area contributed by atoms with Gasteiger partial charge in [0.15, 0.2) is 0 Å². The molecular formula is C16H25N3O2. The molecular weight excluding hydrogens is 266 g/mol. The summed E-state index contributed by atoms with van der Waals surface area (Å²) in [5.41, 5.74) is 0.905. The van der Waals surface area contributed by atoms with Crippen LogP contribution >= 0.6 is 0 Å². The molecule has 5 heteroatoms. The molecule has 0 radical (unpaired) electrons. The zero-order valence-electron chi connectivity index (χ0n) is 12.8. The Kier molecular flexibility index (Phi) is 4.29. The van der Waals surface area contributed by atoms with Gasteiger partial charge < -0.3 is 14.6 Å². The summed E-state index contributed by atoms with van der Waals surface area (Å²) in [6.45, 7) is 5.43. The zero-order valence-corrected chi connectivity index (χ0v) is 12.8. The zero-order chi connectivity index (χ0) is 14.8. The normalized spacial score (nSPS) is 26.5. The minimum absolute atomic E-state index is 0.367. The lowest BCUT2D eigenvalue weighted by Crippen LogP contribution is -2.41. The highest BCUT2D eigenvalue weighted by atomic mass is 16.4. The molecule has 3 rings (SSSR count). The summed E-state index contributed by atoms with van der Waals surface area (Å²) < 4.78 is 2.17. The molecule has 2 aliphatic heterocycles. The number of likely N-dealkylation sites (N-methyl/N-ethyl adjacent to an activating group) is 1. The third kappa shape index (κ3) is 2.84. The second kappa shape index (κ2) is 6.18. The first kappa shape index (κ1) is 14.6. The Hall–Kier alpha value is -1.36. The maximum absolute atomic E-state index is 11.4. The van der Waals surface area contributed by atoms with Crippen LogP contribution < -0.4 is 0 Å². The molecule has 2 unspecified atom stereocenters. The predicted octanol–water partition coefficient (Wildman–Crippen LogP) is 2.26. The molecule has 0 saturated carbocycles. The Balaban J connectivity index is 1.79. The molecule has 2 aliphatic rings. The molecule has 1 saturated heterocycles. The molecule has 0 aromatic carbocycles. The smallest absolute Gasteiger partial charge is 0.312 e. The Morgan fingerprint density at radius 3 is 2.95 bits per heavy atom. The lowest BCUT2D eigenvalue weighted by atomic mass is 9.96. The van der Waals surface area contributed by atoms with Crippen molar-refractivity contribution in [3.63, 3.8) is 0 Å². The van der Waals surface area contributed by atoms with Crippen molar-refractivity contribution in [1.82, 2.24) is 14.5 Å². The van der Waals surface area contributed by atoms with E-state index in [2.05, 4.69) is 21.4 Å². The van der Waals surface area contributed by atoms with Crippen LogP contribution in [0.1, 0.15) is 56.5 Å². The number of aromatic nitrogens is 2. The molecule has 5 nitrogen and oxygen atoms in total. The standard InChI is InChI=1S/C16H25N3O2/c1-2-18-8-4-3-6-12(18)10-15-17-11-14-13(16(20)21)7-5-9-19(14)15/h11-13H,2-10H2,1H3,(H,20,21). The van der Waals surface area contributed by atoms with Gasteiger partial charge in [-0.15, -0.1) is 0 Å². The molecule has 21 heavy (non-hydrogen) atoms. The lowest BCUT2D eigenvalue weighted by Gasteiger charge is -2.35. The summed E-state index contributed by atoms with van der Waals surface area (Å²) in [5.74, 6) is 0.00480. The first-order valence-electron chi connectivity index (χ1n) is 8.22. The van der Waals surface area contributed by atoms with Crippen molar-refractivity contribution in [2.45, 2.75) is 64.0 Å². The van der Waals surface area contributed by atoms with E-state index in [0.717, 1.165) is 43.9 Å². The van der Waals surface area contributed by atoms with Crippen molar-refractivity contribution in [3.8, 4) is 0 Å². The predicted molar refractivity (Wildman–Crippen MR) is 80.4 cm³/mol. The fraction of sp³-hybridized carbons (Fsp3) is 0.750. The fourth-order valence-corrected chi connectivity index (χ4v) is 3.90. The van der Waals surface area contributed by atoms with Crippen LogP contribution in [0.15, 0.2) is 6.20 Å². The summed E-state index contributed by atoms with van der Waals surface area (Å²) in [5, 5.41) is 9.35. The van der Waals surface area contributed by atoms with Crippen LogP contribution in [-0.2, 0) is 17.8 Å². The second-order valence-corrected chi connectivity index (χ2v) is 6.27. The van der Waals surface area contributed by atoms with E-state index >= 15 is 0 Å². The van der Waals surface area contributed by atoms with Gasteiger partial charge in [-0.3, -0.25) is 4.79 Å². The number of nitrogens with zero attached hydrogens (tertiary/aromatic N) is 3. The number of rotatable bonds is 4. The summed E-state index contributed by atoms with van der Waals surface area (Å²) in [4.78, 5) is 18.5. The molecule has 0 amide bonds. The van der Waals surface area contributed by atoms with Crippen LogP contribution in [0.25, 0.3) is 0 Å². The highest BCUT2D eigenvalue weighted by Crippen LogP contribution is 2.29. The second-order valence-electron chi connectivity index (χ2n) is 6.27. The van der Waals surface area contributed by atoms with Gasteiger partial charge in [0.1, 0.15) is 5.82 Å². The Morgan fingerprint density at radius 2 is 2.19 bits per heavy atom.